The molecule has 1 aliphatic heterocycles. The zero-order chi connectivity index (χ0) is 28.5. The van der Waals surface area contributed by atoms with E-state index in [1.165, 1.54) is 12.7 Å². The molecular formula is C35H33ClO5. The number of ether oxygens (including phenoxy) is 4. The van der Waals surface area contributed by atoms with Crippen LogP contribution < -0.4 is 14.2 Å². The second kappa shape index (κ2) is 11.5. The number of rotatable bonds is 8. The first-order chi connectivity index (χ1) is 19.9. The van der Waals surface area contributed by atoms with Gasteiger partial charge in [-0.25, -0.2) is 0 Å². The third-order valence-corrected chi connectivity index (χ3v) is 8.41. The lowest BCUT2D eigenvalue weighted by atomic mass is 9.90. The topological polar surface area (TPSA) is 54.0 Å². The SMILES string of the molecule is COC(=O)CC1COc2cc(O[C@@H]3CCc4c3ccc(Cl)c4-c3c(C)cc(OCc4ccccc4)cc3C)ccc21. The van der Waals surface area contributed by atoms with Crippen molar-refractivity contribution in [2.24, 2.45) is 0 Å². The third kappa shape index (κ3) is 5.51. The van der Waals surface area contributed by atoms with Crippen LogP contribution in [0.5, 0.6) is 17.2 Å². The van der Waals surface area contributed by atoms with Crippen LogP contribution in [0.15, 0.2) is 72.8 Å². The van der Waals surface area contributed by atoms with E-state index in [0.717, 1.165) is 74.1 Å². The van der Waals surface area contributed by atoms with Crippen molar-refractivity contribution in [1.29, 1.82) is 0 Å². The van der Waals surface area contributed by atoms with E-state index in [1.807, 2.05) is 42.5 Å². The molecule has 1 unspecified atom stereocenters. The van der Waals surface area contributed by atoms with E-state index in [-0.39, 0.29) is 18.0 Å². The Labute approximate surface area is 246 Å². The van der Waals surface area contributed by atoms with Crippen molar-refractivity contribution < 1.29 is 23.7 Å². The van der Waals surface area contributed by atoms with Crippen LogP contribution in [0, 0.1) is 13.8 Å². The molecule has 1 aliphatic carbocycles. The maximum absolute atomic E-state index is 11.8. The fourth-order valence-corrected chi connectivity index (χ4v) is 6.39. The van der Waals surface area contributed by atoms with Crippen molar-refractivity contribution in [2.45, 2.75) is 51.7 Å². The van der Waals surface area contributed by atoms with Crippen molar-refractivity contribution >= 4 is 17.6 Å². The molecule has 6 rings (SSSR count). The summed E-state index contributed by atoms with van der Waals surface area (Å²) in [5, 5.41) is 0.746. The number of carbonyl (C=O) groups excluding carboxylic acids is 1. The Morgan fingerprint density at radius 1 is 0.927 bits per heavy atom. The van der Waals surface area contributed by atoms with Crippen LogP contribution in [0.1, 0.15) is 58.2 Å². The second-order valence-electron chi connectivity index (χ2n) is 10.8. The standard InChI is InChI=1S/C35H33ClO5/c1-21-15-26(39-19-23-7-5-4-6-8-23)16-22(2)34(21)35-29-12-14-31(28(29)11-13-30(35)36)41-25-9-10-27-24(17-33(37)38-3)20-40-32(27)18-25/h4-11,13,15-16,18,24,31H,12,14,17,19-20H2,1-3H3/t24?,31-/m1/s1. The summed E-state index contributed by atoms with van der Waals surface area (Å²) < 4.78 is 23.4. The predicted octanol–water partition coefficient (Wildman–Crippen LogP) is 8.31. The van der Waals surface area contributed by atoms with Gasteiger partial charge in [0.15, 0.2) is 0 Å². The van der Waals surface area contributed by atoms with Crippen molar-refractivity contribution in [3.63, 3.8) is 0 Å². The van der Waals surface area contributed by atoms with Crippen LogP contribution in [0.2, 0.25) is 5.02 Å². The lowest BCUT2D eigenvalue weighted by molar-refractivity contribution is -0.141. The van der Waals surface area contributed by atoms with Gasteiger partial charge in [-0.05, 0) is 84.3 Å². The smallest absolute Gasteiger partial charge is 0.306 e. The molecule has 210 valence electrons. The van der Waals surface area contributed by atoms with Gasteiger partial charge in [0.1, 0.15) is 30.0 Å². The Kier molecular flexibility index (Phi) is 7.63. The molecular weight excluding hydrogens is 536 g/mol. The summed E-state index contributed by atoms with van der Waals surface area (Å²) in [6, 6.07) is 24.4. The molecule has 4 aromatic carbocycles. The van der Waals surface area contributed by atoms with Crippen molar-refractivity contribution in [3.05, 3.63) is 111 Å². The Bertz CT molecular complexity index is 1570. The molecule has 41 heavy (non-hydrogen) atoms. The molecule has 0 saturated heterocycles. The van der Waals surface area contributed by atoms with E-state index < -0.39 is 0 Å². The maximum atomic E-state index is 11.8. The number of hydrogen-bond donors (Lipinski definition) is 0. The third-order valence-electron chi connectivity index (χ3n) is 8.09. The number of halogens is 1. The number of aryl methyl sites for hydroxylation is 2. The van der Waals surface area contributed by atoms with Gasteiger partial charge in [-0.2, -0.15) is 0 Å². The highest BCUT2D eigenvalue weighted by molar-refractivity contribution is 6.33. The molecule has 0 spiro atoms. The summed E-state index contributed by atoms with van der Waals surface area (Å²) in [5.41, 5.74) is 9.06. The number of methoxy groups -OCH3 is 1. The summed E-state index contributed by atoms with van der Waals surface area (Å²) in [4.78, 5) is 11.8. The number of hydrogen-bond acceptors (Lipinski definition) is 5. The molecule has 0 radical (unpaired) electrons. The Balaban J connectivity index is 1.23. The summed E-state index contributed by atoms with van der Waals surface area (Å²) in [5.74, 6) is 2.15. The highest BCUT2D eigenvalue weighted by Gasteiger charge is 2.31. The molecule has 2 aliphatic rings. The minimum Gasteiger partial charge on any atom is -0.492 e. The molecule has 1 heterocycles. The number of fused-ring (bicyclic) bond motifs is 2. The van der Waals surface area contributed by atoms with Crippen molar-refractivity contribution in [1.82, 2.24) is 0 Å². The summed E-state index contributed by atoms with van der Waals surface area (Å²) in [6.45, 7) is 5.23. The highest BCUT2D eigenvalue weighted by atomic mass is 35.5. The van der Waals surface area contributed by atoms with Crippen LogP contribution in [0.25, 0.3) is 11.1 Å². The average Bonchev–Trinajstić information content (AvgIpc) is 3.56. The van der Waals surface area contributed by atoms with Crippen LogP contribution in [0.3, 0.4) is 0 Å². The van der Waals surface area contributed by atoms with E-state index in [4.69, 9.17) is 30.5 Å². The van der Waals surface area contributed by atoms with Gasteiger partial charge in [-0.3, -0.25) is 4.79 Å². The van der Waals surface area contributed by atoms with Gasteiger partial charge < -0.3 is 18.9 Å². The molecule has 0 fully saturated rings. The zero-order valence-electron chi connectivity index (χ0n) is 23.5. The monoisotopic (exact) mass is 568 g/mol. The molecule has 2 atom stereocenters. The van der Waals surface area contributed by atoms with Crippen molar-refractivity contribution in [2.75, 3.05) is 13.7 Å². The van der Waals surface area contributed by atoms with E-state index in [0.29, 0.717) is 19.6 Å². The summed E-state index contributed by atoms with van der Waals surface area (Å²) in [6.07, 6.45) is 1.97. The zero-order valence-corrected chi connectivity index (χ0v) is 24.3. The molecule has 0 aromatic heterocycles. The first-order valence-electron chi connectivity index (χ1n) is 14.0. The minimum absolute atomic E-state index is 0.00464. The van der Waals surface area contributed by atoms with Gasteiger partial charge in [-0.1, -0.05) is 54.1 Å². The van der Waals surface area contributed by atoms with Gasteiger partial charge in [0, 0.05) is 28.1 Å². The maximum Gasteiger partial charge on any atom is 0.306 e. The molecule has 0 saturated carbocycles. The lowest BCUT2D eigenvalue weighted by Crippen LogP contribution is -2.09. The predicted molar refractivity (Wildman–Crippen MR) is 160 cm³/mol. The summed E-state index contributed by atoms with van der Waals surface area (Å²) >= 11 is 6.88. The fraction of sp³-hybridized carbons (Fsp3) is 0.286. The van der Waals surface area contributed by atoms with E-state index in [1.54, 1.807) is 0 Å². The quantitative estimate of drug-likeness (QED) is 0.200. The van der Waals surface area contributed by atoms with Gasteiger partial charge in [0.2, 0.25) is 0 Å². The normalized spacial score (nSPS) is 17.0. The first kappa shape index (κ1) is 27.2. The first-order valence-corrected chi connectivity index (χ1v) is 14.4. The highest BCUT2D eigenvalue weighted by Crippen LogP contribution is 2.46. The van der Waals surface area contributed by atoms with Crippen molar-refractivity contribution in [3.8, 4) is 28.4 Å². The van der Waals surface area contributed by atoms with E-state index in [9.17, 15) is 4.79 Å². The second-order valence-corrected chi connectivity index (χ2v) is 11.2. The van der Waals surface area contributed by atoms with Crippen LogP contribution in [0.4, 0.5) is 0 Å². The van der Waals surface area contributed by atoms with Gasteiger partial charge >= 0.3 is 5.97 Å². The largest absolute Gasteiger partial charge is 0.492 e. The molecule has 0 amide bonds. The number of esters is 1. The van der Waals surface area contributed by atoms with E-state index >= 15 is 0 Å². The molecule has 5 nitrogen and oxygen atoms in total. The Morgan fingerprint density at radius 2 is 1.68 bits per heavy atom. The fourth-order valence-electron chi connectivity index (χ4n) is 6.12. The van der Waals surface area contributed by atoms with Crippen LogP contribution in [-0.4, -0.2) is 19.7 Å². The van der Waals surface area contributed by atoms with Crippen LogP contribution >= 0.6 is 11.6 Å². The van der Waals surface area contributed by atoms with Gasteiger partial charge in [0.25, 0.3) is 0 Å². The molecule has 0 N–H and O–H groups in total. The Hall–Kier alpha value is -3.96. The Morgan fingerprint density at radius 3 is 2.44 bits per heavy atom. The number of carbonyl (C=O) groups is 1. The average molecular weight is 569 g/mol. The lowest BCUT2D eigenvalue weighted by Gasteiger charge is -2.20. The minimum atomic E-state index is -0.233. The van der Waals surface area contributed by atoms with E-state index in [2.05, 4.69) is 44.2 Å². The molecule has 6 heteroatoms. The van der Waals surface area contributed by atoms with Crippen LogP contribution in [-0.2, 0) is 22.6 Å². The summed E-state index contributed by atoms with van der Waals surface area (Å²) in [7, 11) is 1.41. The number of benzene rings is 4. The van der Waals surface area contributed by atoms with Gasteiger partial charge in [-0.15, -0.1) is 0 Å². The van der Waals surface area contributed by atoms with Gasteiger partial charge in [0.05, 0.1) is 20.1 Å². The molecule has 0 bridgehead atoms. The molecule has 4 aromatic rings.